The fourth-order valence-electron chi connectivity index (χ4n) is 2.16. The number of ether oxygens (including phenoxy) is 1. The van der Waals surface area contributed by atoms with Crippen LogP contribution in [0.5, 0.6) is 5.75 Å². The van der Waals surface area contributed by atoms with Gasteiger partial charge in [0, 0.05) is 22.7 Å². The van der Waals surface area contributed by atoms with E-state index in [0.29, 0.717) is 17.1 Å². The molecule has 1 heterocycles. The number of benzene rings is 2. The molecule has 0 saturated heterocycles. The lowest BCUT2D eigenvalue weighted by atomic mass is 10.1. The second kappa shape index (κ2) is 6.50. The molecule has 0 saturated carbocycles. The van der Waals surface area contributed by atoms with Crippen LogP contribution in [-0.2, 0) is 11.3 Å². The third kappa shape index (κ3) is 3.21. The third-order valence-corrected chi connectivity index (χ3v) is 3.70. The summed E-state index contributed by atoms with van der Waals surface area (Å²) >= 11 is 6.09. The van der Waals surface area contributed by atoms with E-state index < -0.39 is 0 Å². The molecular formula is C18H14ClNO2. The second-order valence-corrected chi connectivity index (χ2v) is 5.24. The van der Waals surface area contributed by atoms with Crippen molar-refractivity contribution in [2.75, 3.05) is 0 Å². The van der Waals surface area contributed by atoms with Crippen molar-refractivity contribution in [2.24, 2.45) is 0 Å². The summed E-state index contributed by atoms with van der Waals surface area (Å²) in [5, 5.41) is 3.51. The summed E-state index contributed by atoms with van der Waals surface area (Å²) in [7, 11) is 0. The quantitative estimate of drug-likeness (QED) is 0.932. The number of amides is 1. The first-order chi connectivity index (χ1) is 10.7. The number of rotatable bonds is 3. The fourth-order valence-corrected chi connectivity index (χ4v) is 2.37. The highest BCUT2D eigenvalue weighted by Gasteiger charge is 2.11. The van der Waals surface area contributed by atoms with Gasteiger partial charge in [-0.3, -0.25) is 4.79 Å². The van der Waals surface area contributed by atoms with Gasteiger partial charge in [0.2, 0.25) is 0 Å². The van der Waals surface area contributed by atoms with Gasteiger partial charge in [-0.1, -0.05) is 48.0 Å². The van der Waals surface area contributed by atoms with Crippen molar-refractivity contribution in [1.82, 2.24) is 5.32 Å². The molecule has 2 aromatic rings. The molecule has 0 spiro atoms. The standard InChI is InChI=1S/C18H14ClNO2/c19-16-7-3-1-6-15(16)12-20-18(21)14-9-10-22-17-8-4-2-5-13(17)11-14/h1-11H,12H2,(H,20,21). The van der Waals surface area contributed by atoms with Gasteiger partial charge in [-0.05, 0) is 29.8 Å². The van der Waals surface area contributed by atoms with Gasteiger partial charge >= 0.3 is 0 Å². The Morgan fingerprint density at radius 3 is 2.73 bits per heavy atom. The molecule has 3 rings (SSSR count). The zero-order chi connectivity index (χ0) is 15.4. The molecule has 110 valence electrons. The molecule has 22 heavy (non-hydrogen) atoms. The number of hydrogen-bond acceptors (Lipinski definition) is 2. The number of nitrogens with one attached hydrogen (secondary N) is 1. The predicted molar refractivity (Wildman–Crippen MR) is 87.5 cm³/mol. The maximum atomic E-state index is 12.3. The Kier molecular flexibility index (Phi) is 4.26. The maximum absolute atomic E-state index is 12.3. The first kappa shape index (κ1) is 14.4. The van der Waals surface area contributed by atoms with Gasteiger partial charge in [0.15, 0.2) is 0 Å². The molecule has 1 N–H and O–H groups in total. The summed E-state index contributed by atoms with van der Waals surface area (Å²) in [6, 6.07) is 15.0. The zero-order valence-corrected chi connectivity index (χ0v) is 12.5. The maximum Gasteiger partial charge on any atom is 0.251 e. The molecule has 3 nitrogen and oxygen atoms in total. The van der Waals surface area contributed by atoms with Crippen LogP contribution in [-0.4, -0.2) is 5.91 Å². The van der Waals surface area contributed by atoms with Crippen molar-refractivity contribution in [3.05, 3.63) is 82.6 Å². The van der Waals surface area contributed by atoms with Gasteiger partial charge in [0.1, 0.15) is 5.75 Å². The minimum atomic E-state index is -0.170. The van der Waals surface area contributed by atoms with E-state index in [1.807, 2.05) is 42.5 Å². The summed E-state index contributed by atoms with van der Waals surface area (Å²) in [5.74, 6) is 0.559. The molecule has 1 aliphatic heterocycles. The molecule has 1 amide bonds. The molecule has 0 aliphatic carbocycles. The predicted octanol–water partition coefficient (Wildman–Crippen LogP) is 3.95. The number of hydrogen-bond donors (Lipinski definition) is 1. The summed E-state index contributed by atoms with van der Waals surface area (Å²) in [4.78, 5) is 12.3. The van der Waals surface area contributed by atoms with Crippen molar-refractivity contribution in [3.63, 3.8) is 0 Å². The van der Waals surface area contributed by atoms with E-state index in [1.165, 1.54) is 6.26 Å². The van der Waals surface area contributed by atoms with E-state index >= 15 is 0 Å². The van der Waals surface area contributed by atoms with Crippen molar-refractivity contribution >= 4 is 23.6 Å². The van der Waals surface area contributed by atoms with Gasteiger partial charge in [-0.2, -0.15) is 0 Å². The number of fused-ring (bicyclic) bond motifs is 1. The highest BCUT2D eigenvalue weighted by molar-refractivity contribution is 6.31. The minimum Gasteiger partial charge on any atom is -0.464 e. The summed E-state index contributed by atoms with van der Waals surface area (Å²) in [6.07, 6.45) is 4.98. The highest BCUT2D eigenvalue weighted by Crippen LogP contribution is 2.24. The van der Waals surface area contributed by atoms with E-state index in [0.717, 1.165) is 16.9 Å². The van der Waals surface area contributed by atoms with E-state index in [4.69, 9.17) is 16.3 Å². The lowest BCUT2D eigenvalue weighted by Crippen LogP contribution is -2.23. The normalized spacial score (nSPS) is 12.7. The van der Waals surface area contributed by atoms with Crippen LogP contribution in [0.4, 0.5) is 0 Å². The first-order valence-electron chi connectivity index (χ1n) is 6.89. The molecule has 4 heteroatoms. The van der Waals surface area contributed by atoms with Crippen molar-refractivity contribution < 1.29 is 9.53 Å². The van der Waals surface area contributed by atoms with E-state index in [2.05, 4.69) is 5.32 Å². The Balaban J connectivity index is 1.75. The van der Waals surface area contributed by atoms with Crippen LogP contribution in [0.25, 0.3) is 6.08 Å². The average Bonchev–Trinajstić information content (AvgIpc) is 2.76. The minimum absolute atomic E-state index is 0.170. The van der Waals surface area contributed by atoms with Gasteiger partial charge < -0.3 is 10.1 Å². The zero-order valence-electron chi connectivity index (χ0n) is 11.8. The largest absolute Gasteiger partial charge is 0.464 e. The van der Waals surface area contributed by atoms with Crippen molar-refractivity contribution in [2.45, 2.75) is 6.54 Å². The van der Waals surface area contributed by atoms with E-state index in [9.17, 15) is 4.79 Å². The van der Waals surface area contributed by atoms with Gasteiger partial charge in [0.05, 0.1) is 6.26 Å². The average molecular weight is 312 g/mol. The van der Waals surface area contributed by atoms with Crippen molar-refractivity contribution in [3.8, 4) is 5.75 Å². The first-order valence-corrected chi connectivity index (χ1v) is 7.27. The molecule has 2 aromatic carbocycles. The summed E-state index contributed by atoms with van der Waals surface area (Å²) in [6.45, 7) is 0.381. The van der Waals surface area contributed by atoms with E-state index in [1.54, 1.807) is 18.2 Å². The monoisotopic (exact) mass is 311 g/mol. The van der Waals surface area contributed by atoms with Gasteiger partial charge in [0.25, 0.3) is 5.91 Å². The SMILES string of the molecule is O=C(NCc1ccccc1Cl)C1=Cc2ccccc2OC=C1. The van der Waals surface area contributed by atoms with Gasteiger partial charge in [-0.25, -0.2) is 0 Å². The molecular weight excluding hydrogens is 298 g/mol. The topological polar surface area (TPSA) is 38.3 Å². The number of carbonyl (C=O) groups excluding carboxylic acids is 1. The van der Waals surface area contributed by atoms with Crippen LogP contribution in [0.2, 0.25) is 5.02 Å². The van der Waals surface area contributed by atoms with Crippen LogP contribution in [0, 0.1) is 0 Å². The van der Waals surface area contributed by atoms with Crippen LogP contribution < -0.4 is 10.1 Å². The summed E-state index contributed by atoms with van der Waals surface area (Å²) in [5.41, 5.74) is 2.29. The molecule has 0 radical (unpaired) electrons. The Morgan fingerprint density at radius 1 is 1.09 bits per heavy atom. The lowest BCUT2D eigenvalue weighted by molar-refractivity contribution is -0.117. The van der Waals surface area contributed by atoms with Crippen LogP contribution in [0.1, 0.15) is 11.1 Å². The molecule has 0 unspecified atom stereocenters. The Labute approximate surface area is 133 Å². The van der Waals surface area contributed by atoms with Crippen LogP contribution in [0.15, 0.2) is 66.4 Å². The number of para-hydroxylation sites is 1. The highest BCUT2D eigenvalue weighted by atomic mass is 35.5. The molecule has 1 aliphatic rings. The Bertz CT molecular complexity index is 765. The Hall–Kier alpha value is -2.52. The molecule has 0 fully saturated rings. The van der Waals surface area contributed by atoms with E-state index in [-0.39, 0.29) is 5.91 Å². The Morgan fingerprint density at radius 2 is 1.86 bits per heavy atom. The molecule has 0 aromatic heterocycles. The smallest absolute Gasteiger partial charge is 0.251 e. The number of carbonyl (C=O) groups is 1. The second-order valence-electron chi connectivity index (χ2n) is 4.83. The lowest BCUT2D eigenvalue weighted by Gasteiger charge is -2.07. The fraction of sp³-hybridized carbons (Fsp3) is 0.0556. The third-order valence-electron chi connectivity index (χ3n) is 3.33. The summed E-state index contributed by atoms with van der Waals surface area (Å²) < 4.78 is 5.48. The number of halogens is 1. The van der Waals surface area contributed by atoms with Gasteiger partial charge in [-0.15, -0.1) is 0 Å². The van der Waals surface area contributed by atoms with Crippen molar-refractivity contribution in [1.29, 1.82) is 0 Å². The molecule has 0 atom stereocenters. The van der Waals surface area contributed by atoms with Crippen LogP contribution in [0.3, 0.4) is 0 Å². The molecule has 0 bridgehead atoms. The van der Waals surface area contributed by atoms with Crippen LogP contribution >= 0.6 is 11.6 Å².